The summed E-state index contributed by atoms with van der Waals surface area (Å²) in [5, 5.41) is 3.67. The maximum Gasteiger partial charge on any atom is 0.0345 e. The standard InChI is InChI=1S/C12H27N3/c1-5-11(6-2)13-9-12-10-14(3)7-8-15(12)4/h11-13H,5-10H2,1-4H3. The van der Waals surface area contributed by atoms with E-state index in [0.717, 1.165) is 6.54 Å². The van der Waals surface area contributed by atoms with Gasteiger partial charge in [0.1, 0.15) is 0 Å². The molecule has 0 aliphatic carbocycles. The van der Waals surface area contributed by atoms with Gasteiger partial charge >= 0.3 is 0 Å². The largest absolute Gasteiger partial charge is 0.312 e. The van der Waals surface area contributed by atoms with Gasteiger partial charge in [0.25, 0.3) is 0 Å². The van der Waals surface area contributed by atoms with Gasteiger partial charge in [0, 0.05) is 38.3 Å². The molecule has 1 N–H and O–H groups in total. The lowest BCUT2D eigenvalue weighted by molar-refractivity contribution is 0.111. The van der Waals surface area contributed by atoms with Crippen molar-refractivity contribution in [1.29, 1.82) is 0 Å². The molecule has 0 aromatic heterocycles. The fraction of sp³-hybridized carbons (Fsp3) is 1.00. The summed E-state index contributed by atoms with van der Waals surface area (Å²) in [5.41, 5.74) is 0. The van der Waals surface area contributed by atoms with E-state index in [4.69, 9.17) is 0 Å². The number of piperazine rings is 1. The van der Waals surface area contributed by atoms with Gasteiger partial charge in [-0.05, 0) is 26.9 Å². The molecule has 0 aromatic carbocycles. The maximum absolute atomic E-state index is 3.67. The Hall–Kier alpha value is -0.120. The van der Waals surface area contributed by atoms with Crippen LogP contribution in [0.15, 0.2) is 0 Å². The molecular formula is C12H27N3. The zero-order valence-electron chi connectivity index (χ0n) is 10.8. The molecular weight excluding hydrogens is 186 g/mol. The zero-order valence-corrected chi connectivity index (χ0v) is 10.8. The number of likely N-dealkylation sites (N-methyl/N-ethyl adjacent to an activating group) is 2. The van der Waals surface area contributed by atoms with E-state index in [-0.39, 0.29) is 0 Å². The summed E-state index contributed by atoms with van der Waals surface area (Å²) in [4.78, 5) is 4.91. The summed E-state index contributed by atoms with van der Waals surface area (Å²) < 4.78 is 0. The van der Waals surface area contributed by atoms with E-state index in [1.54, 1.807) is 0 Å². The van der Waals surface area contributed by atoms with Crippen LogP contribution in [0.25, 0.3) is 0 Å². The lowest BCUT2D eigenvalue weighted by atomic mass is 10.1. The van der Waals surface area contributed by atoms with Crippen molar-refractivity contribution in [2.24, 2.45) is 0 Å². The van der Waals surface area contributed by atoms with E-state index in [0.29, 0.717) is 12.1 Å². The zero-order chi connectivity index (χ0) is 11.3. The van der Waals surface area contributed by atoms with E-state index in [9.17, 15) is 0 Å². The van der Waals surface area contributed by atoms with Gasteiger partial charge in [-0.1, -0.05) is 13.8 Å². The van der Waals surface area contributed by atoms with Crippen molar-refractivity contribution in [3.8, 4) is 0 Å². The third-order valence-electron chi connectivity index (χ3n) is 3.61. The highest BCUT2D eigenvalue weighted by atomic mass is 15.3. The lowest BCUT2D eigenvalue weighted by Gasteiger charge is -2.38. The van der Waals surface area contributed by atoms with E-state index in [2.05, 4.69) is 43.1 Å². The number of nitrogens with one attached hydrogen (secondary N) is 1. The fourth-order valence-corrected chi connectivity index (χ4v) is 2.20. The fourth-order valence-electron chi connectivity index (χ4n) is 2.20. The van der Waals surface area contributed by atoms with Crippen molar-refractivity contribution in [2.75, 3.05) is 40.3 Å². The molecule has 15 heavy (non-hydrogen) atoms. The first-order chi connectivity index (χ1) is 7.17. The predicted molar refractivity (Wildman–Crippen MR) is 66.3 cm³/mol. The smallest absolute Gasteiger partial charge is 0.0345 e. The summed E-state index contributed by atoms with van der Waals surface area (Å²) >= 11 is 0. The van der Waals surface area contributed by atoms with Crippen molar-refractivity contribution in [3.63, 3.8) is 0 Å². The van der Waals surface area contributed by atoms with Crippen LogP contribution < -0.4 is 5.32 Å². The molecule has 1 aliphatic rings. The van der Waals surface area contributed by atoms with Crippen molar-refractivity contribution in [3.05, 3.63) is 0 Å². The molecule has 1 aliphatic heterocycles. The molecule has 0 spiro atoms. The molecule has 0 radical (unpaired) electrons. The first-order valence-corrected chi connectivity index (χ1v) is 6.29. The SMILES string of the molecule is CCC(CC)NCC1CN(C)CCN1C. The second-order valence-electron chi connectivity index (χ2n) is 4.82. The quantitative estimate of drug-likeness (QED) is 0.735. The highest BCUT2D eigenvalue weighted by Crippen LogP contribution is 2.06. The first kappa shape index (κ1) is 12.9. The number of rotatable bonds is 5. The Kier molecular flexibility index (Phi) is 5.58. The minimum absolute atomic E-state index is 0.685. The van der Waals surface area contributed by atoms with Gasteiger partial charge in [-0.2, -0.15) is 0 Å². The van der Waals surface area contributed by atoms with Crippen molar-refractivity contribution in [1.82, 2.24) is 15.1 Å². The number of nitrogens with zero attached hydrogens (tertiary/aromatic N) is 2. The average Bonchev–Trinajstić information content (AvgIpc) is 2.24. The van der Waals surface area contributed by atoms with Gasteiger partial charge in [0.05, 0.1) is 0 Å². The van der Waals surface area contributed by atoms with Crippen LogP contribution in [0.1, 0.15) is 26.7 Å². The van der Waals surface area contributed by atoms with Gasteiger partial charge in [-0.15, -0.1) is 0 Å². The molecule has 1 heterocycles. The Bertz CT molecular complexity index is 168. The maximum atomic E-state index is 3.67. The van der Waals surface area contributed by atoms with Crippen molar-refractivity contribution in [2.45, 2.75) is 38.8 Å². The van der Waals surface area contributed by atoms with Crippen LogP contribution in [0, 0.1) is 0 Å². The van der Waals surface area contributed by atoms with Crippen LogP contribution in [-0.2, 0) is 0 Å². The summed E-state index contributed by atoms with van der Waals surface area (Å²) in [6.07, 6.45) is 2.48. The normalized spacial score (nSPS) is 25.0. The van der Waals surface area contributed by atoms with E-state index in [1.165, 1.54) is 32.5 Å². The monoisotopic (exact) mass is 213 g/mol. The van der Waals surface area contributed by atoms with Gasteiger partial charge < -0.3 is 10.2 Å². The molecule has 0 amide bonds. The van der Waals surface area contributed by atoms with E-state index in [1.807, 2.05) is 0 Å². The minimum Gasteiger partial charge on any atom is -0.312 e. The molecule has 1 atom stereocenters. The average molecular weight is 213 g/mol. The van der Waals surface area contributed by atoms with Gasteiger partial charge in [-0.25, -0.2) is 0 Å². The van der Waals surface area contributed by atoms with Crippen LogP contribution in [-0.4, -0.2) is 62.2 Å². The predicted octanol–water partition coefficient (Wildman–Crippen LogP) is 1.01. The van der Waals surface area contributed by atoms with E-state index >= 15 is 0 Å². The second-order valence-corrected chi connectivity index (χ2v) is 4.82. The summed E-state index contributed by atoms with van der Waals surface area (Å²) in [6, 6.07) is 1.38. The highest BCUT2D eigenvalue weighted by Gasteiger charge is 2.22. The molecule has 3 nitrogen and oxygen atoms in total. The Morgan fingerprint density at radius 1 is 1.20 bits per heavy atom. The van der Waals surface area contributed by atoms with Crippen LogP contribution in [0.3, 0.4) is 0 Å². The van der Waals surface area contributed by atoms with Crippen LogP contribution >= 0.6 is 0 Å². The van der Waals surface area contributed by atoms with Crippen LogP contribution in [0.2, 0.25) is 0 Å². The van der Waals surface area contributed by atoms with Gasteiger partial charge in [-0.3, -0.25) is 4.90 Å². The molecule has 1 unspecified atom stereocenters. The number of hydrogen-bond acceptors (Lipinski definition) is 3. The highest BCUT2D eigenvalue weighted by molar-refractivity contribution is 4.81. The molecule has 90 valence electrons. The summed E-state index contributed by atoms with van der Waals surface area (Å²) in [5.74, 6) is 0. The third kappa shape index (κ3) is 4.09. The third-order valence-corrected chi connectivity index (χ3v) is 3.61. The first-order valence-electron chi connectivity index (χ1n) is 6.29. The van der Waals surface area contributed by atoms with Crippen molar-refractivity contribution < 1.29 is 0 Å². The van der Waals surface area contributed by atoms with Gasteiger partial charge in [0.2, 0.25) is 0 Å². The summed E-state index contributed by atoms with van der Waals surface area (Å²) in [6.45, 7) is 9.26. The Balaban J connectivity index is 2.29. The summed E-state index contributed by atoms with van der Waals surface area (Å²) in [7, 11) is 4.46. The second kappa shape index (κ2) is 6.46. The molecule has 0 saturated carbocycles. The molecule has 1 fully saturated rings. The minimum atomic E-state index is 0.685. The van der Waals surface area contributed by atoms with Crippen LogP contribution in [0.4, 0.5) is 0 Å². The van der Waals surface area contributed by atoms with E-state index < -0.39 is 0 Å². The van der Waals surface area contributed by atoms with Gasteiger partial charge in [0.15, 0.2) is 0 Å². The Morgan fingerprint density at radius 3 is 2.47 bits per heavy atom. The molecule has 0 aromatic rings. The van der Waals surface area contributed by atoms with Crippen LogP contribution in [0.5, 0.6) is 0 Å². The molecule has 3 heteroatoms. The van der Waals surface area contributed by atoms with Crippen molar-refractivity contribution >= 4 is 0 Å². The topological polar surface area (TPSA) is 18.5 Å². The molecule has 1 saturated heterocycles. The lowest BCUT2D eigenvalue weighted by Crippen LogP contribution is -2.54. The molecule has 1 rings (SSSR count). The Morgan fingerprint density at radius 2 is 1.87 bits per heavy atom. The Labute approximate surface area is 94.8 Å². The molecule has 0 bridgehead atoms. The number of hydrogen-bond donors (Lipinski definition) is 1.